The quantitative estimate of drug-likeness (QED) is 0.788. The third-order valence-electron chi connectivity index (χ3n) is 4.14. The van der Waals surface area contributed by atoms with Gasteiger partial charge in [0.15, 0.2) is 5.65 Å². The Hall–Kier alpha value is -1.03. The summed E-state index contributed by atoms with van der Waals surface area (Å²) in [5.41, 5.74) is 3.31. The van der Waals surface area contributed by atoms with Crippen molar-refractivity contribution in [2.24, 2.45) is 13.0 Å². The lowest BCUT2D eigenvalue weighted by molar-refractivity contribution is 0.276. The maximum atomic E-state index is 6.07. The Morgan fingerprint density at radius 1 is 1.37 bits per heavy atom. The molecular weight excluding hydrogens is 260 g/mol. The minimum atomic E-state index is 0.479. The van der Waals surface area contributed by atoms with E-state index >= 15 is 0 Å². The Morgan fingerprint density at radius 2 is 2.16 bits per heavy atom. The van der Waals surface area contributed by atoms with Crippen molar-refractivity contribution in [2.75, 3.05) is 0 Å². The number of aryl methyl sites for hydroxylation is 2. The van der Waals surface area contributed by atoms with Crippen LogP contribution in [0.1, 0.15) is 44.1 Å². The third kappa shape index (κ3) is 2.16. The zero-order valence-corrected chi connectivity index (χ0v) is 12.4. The van der Waals surface area contributed by atoms with Gasteiger partial charge in [0.25, 0.3) is 0 Å². The number of imidazole rings is 1. The van der Waals surface area contributed by atoms with Gasteiger partial charge >= 0.3 is 0 Å². The van der Waals surface area contributed by atoms with Gasteiger partial charge in [-0.05, 0) is 25.2 Å². The third-order valence-corrected chi connectivity index (χ3v) is 4.38. The zero-order valence-electron chi connectivity index (χ0n) is 11.7. The van der Waals surface area contributed by atoms with Crippen LogP contribution in [-0.2, 0) is 25.9 Å². The van der Waals surface area contributed by atoms with Crippen LogP contribution in [0.25, 0.3) is 11.2 Å². The van der Waals surface area contributed by atoms with Crippen molar-refractivity contribution in [2.45, 2.75) is 51.5 Å². The first-order valence-corrected chi connectivity index (χ1v) is 7.75. The number of nitrogens with zero attached hydrogens (tertiary/aromatic N) is 4. The number of rotatable bonds is 5. The fourth-order valence-corrected chi connectivity index (χ4v) is 3.12. The van der Waals surface area contributed by atoms with Gasteiger partial charge in [-0.3, -0.25) is 4.68 Å². The summed E-state index contributed by atoms with van der Waals surface area (Å²) in [7, 11) is 2.01. The smallest absolute Gasteiger partial charge is 0.158 e. The highest BCUT2D eigenvalue weighted by molar-refractivity contribution is 6.16. The largest absolute Gasteiger partial charge is 0.312 e. The van der Waals surface area contributed by atoms with Crippen LogP contribution in [0, 0.1) is 5.92 Å². The van der Waals surface area contributed by atoms with Crippen LogP contribution < -0.4 is 0 Å². The Balaban J connectivity index is 2.06. The summed E-state index contributed by atoms with van der Waals surface area (Å²) in [4.78, 5) is 4.73. The van der Waals surface area contributed by atoms with E-state index in [1.807, 2.05) is 11.7 Å². The van der Waals surface area contributed by atoms with Crippen LogP contribution in [-0.4, -0.2) is 19.3 Å². The van der Waals surface area contributed by atoms with Gasteiger partial charge in [-0.1, -0.05) is 19.8 Å². The molecule has 1 saturated carbocycles. The molecule has 1 aliphatic rings. The summed E-state index contributed by atoms with van der Waals surface area (Å²) < 4.78 is 4.26. The molecule has 0 atom stereocenters. The van der Waals surface area contributed by atoms with E-state index in [4.69, 9.17) is 16.6 Å². The average Bonchev–Trinajstić information content (AvgIpc) is 2.84. The molecule has 0 amide bonds. The lowest BCUT2D eigenvalue weighted by Crippen LogP contribution is -2.20. The molecule has 0 unspecified atom stereocenters. The number of fused-ring (bicyclic) bond motifs is 1. The summed E-state index contributed by atoms with van der Waals surface area (Å²) in [6.45, 7) is 3.22. The van der Waals surface area contributed by atoms with E-state index < -0.39 is 0 Å². The highest BCUT2D eigenvalue weighted by atomic mass is 35.5. The second kappa shape index (κ2) is 5.16. The summed E-state index contributed by atoms with van der Waals surface area (Å²) in [5, 5.41) is 4.62. The first-order chi connectivity index (χ1) is 9.24. The van der Waals surface area contributed by atoms with E-state index in [1.54, 1.807) is 0 Å². The normalized spacial score (nSPS) is 16.2. The molecule has 5 heteroatoms. The maximum Gasteiger partial charge on any atom is 0.158 e. The molecule has 2 aromatic heterocycles. The molecule has 1 aliphatic carbocycles. The van der Waals surface area contributed by atoms with Crippen molar-refractivity contribution in [3.63, 3.8) is 0 Å². The molecule has 0 spiro atoms. The van der Waals surface area contributed by atoms with Gasteiger partial charge in [-0.2, -0.15) is 5.10 Å². The molecule has 0 N–H and O–H groups in total. The molecule has 0 aliphatic heterocycles. The molecule has 0 saturated heterocycles. The SMILES string of the molecule is CCCc1nn(C)c2c1nc(CCl)n2CC1CCC1. The lowest BCUT2D eigenvalue weighted by Gasteiger charge is -2.26. The number of aromatic nitrogens is 4. The molecule has 0 aromatic carbocycles. The van der Waals surface area contributed by atoms with E-state index in [9.17, 15) is 0 Å². The van der Waals surface area contributed by atoms with E-state index in [1.165, 1.54) is 19.3 Å². The second-order valence-corrected chi connectivity index (χ2v) is 5.83. The molecule has 2 aromatic rings. The van der Waals surface area contributed by atoms with Crippen molar-refractivity contribution < 1.29 is 0 Å². The van der Waals surface area contributed by atoms with Crippen LogP contribution in [0.5, 0.6) is 0 Å². The number of alkyl halides is 1. The Labute approximate surface area is 118 Å². The van der Waals surface area contributed by atoms with Gasteiger partial charge in [0.2, 0.25) is 0 Å². The summed E-state index contributed by atoms with van der Waals surface area (Å²) in [6, 6.07) is 0. The molecular formula is C14H21ClN4. The molecule has 2 heterocycles. The van der Waals surface area contributed by atoms with Crippen LogP contribution >= 0.6 is 11.6 Å². The average molecular weight is 281 g/mol. The van der Waals surface area contributed by atoms with Gasteiger partial charge in [-0.15, -0.1) is 11.6 Å². The Kier molecular flexibility index (Phi) is 3.52. The molecule has 19 heavy (non-hydrogen) atoms. The van der Waals surface area contributed by atoms with Gasteiger partial charge < -0.3 is 4.57 Å². The Bertz CT molecular complexity index is 580. The zero-order chi connectivity index (χ0) is 13.4. The maximum absolute atomic E-state index is 6.07. The summed E-state index contributed by atoms with van der Waals surface area (Å²) >= 11 is 6.07. The van der Waals surface area contributed by atoms with Crippen LogP contribution in [0.15, 0.2) is 0 Å². The minimum Gasteiger partial charge on any atom is -0.312 e. The van der Waals surface area contributed by atoms with E-state index in [0.717, 1.165) is 48.0 Å². The molecule has 1 fully saturated rings. The fourth-order valence-electron chi connectivity index (χ4n) is 2.92. The fraction of sp³-hybridized carbons (Fsp3) is 0.714. The predicted molar refractivity (Wildman–Crippen MR) is 77.4 cm³/mol. The van der Waals surface area contributed by atoms with Gasteiger partial charge in [-0.25, -0.2) is 4.98 Å². The molecule has 0 radical (unpaired) electrons. The van der Waals surface area contributed by atoms with Crippen LogP contribution in [0.3, 0.4) is 0 Å². The molecule has 3 rings (SSSR count). The molecule has 104 valence electrons. The van der Waals surface area contributed by atoms with Crippen molar-refractivity contribution in [1.29, 1.82) is 0 Å². The Morgan fingerprint density at radius 3 is 2.74 bits per heavy atom. The minimum absolute atomic E-state index is 0.479. The predicted octanol–water partition coefficient (Wildman–Crippen LogP) is 3.26. The first-order valence-electron chi connectivity index (χ1n) is 7.21. The summed E-state index contributed by atoms with van der Waals surface area (Å²) in [5.74, 6) is 2.27. The molecule has 0 bridgehead atoms. The van der Waals surface area contributed by atoms with Crippen LogP contribution in [0.2, 0.25) is 0 Å². The summed E-state index contributed by atoms with van der Waals surface area (Å²) in [6.07, 6.45) is 6.12. The van der Waals surface area contributed by atoms with Crippen molar-refractivity contribution in [1.82, 2.24) is 19.3 Å². The van der Waals surface area contributed by atoms with Crippen LogP contribution in [0.4, 0.5) is 0 Å². The number of hydrogen-bond donors (Lipinski definition) is 0. The highest BCUT2D eigenvalue weighted by Gasteiger charge is 2.23. The van der Waals surface area contributed by atoms with Crippen molar-refractivity contribution in [3.8, 4) is 0 Å². The highest BCUT2D eigenvalue weighted by Crippen LogP contribution is 2.30. The van der Waals surface area contributed by atoms with Crippen molar-refractivity contribution >= 4 is 22.8 Å². The number of hydrogen-bond acceptors (Lipinski definition) is 2. The lowest BCUT2D eigenvalue weighted by atomic mass is 9.85. The second-order valence-electron chi connectivity index (χ2n) is 5.56. The topological polar surface area (TPSA) is 35.6 Å². The van der Waals surface area contributed by atoms with Gasteiger partial charge in [0, 0.05) is 13.6 Å². The van der Waals surface area contributed by atoms with E-state index in [-0.39, 0.29) is 0 Å². The molecule has 4 nitrogen and oxygen atoms in total. The standard InChI is InChI=1S/C14H21ClN4/c1-3-5-11-13-14(18(2)17-11)19(12(8-15)16-13)9-10-6-4-7-10/h10H,3-9H2,1-2H3. The van der Waals surface area contributed by atoms with E-state index in [2.05, 4.69) is 16.6 Å². The number of halogens is 1. The monoisotopic (exact) mass is 280 g/mol. The van der Waals surface area contributed by atoms with E-state index in [0.29, 0.717) is 5.88 Å². The van der Waals surface area contributed by atoms with Crippen molar-refractivity contribution in [3.05, 3.63) is 11.5 Å². The van der Waals surface area contributed by atoms with Gasteiger partial charge in [0.05, 0.1) is 11.6 Å². The first kappa shape index (κ1) is 13.0. The van der Waals surface area contributed by atoms with Gasteiger partial charge in [0.1, 0.15) is 11.3 Å².